The summed E-state index contributed by atoms with van der Waals surface area (Å²) in [5.74, 6) is 1.32. The Kier molecular flexibility index (Phi) is 4.61. The lowest BCUT2D eigenvalue weighted by molar-refractivity contribution is 0.120. The first kappa shape index (κ1) is 17.0. The van der Waals surface area contributed by atoms with Gasteiger partial charge in [0.1, 0.15) is 17.2 Å². The predicted molar refractivity (Wildman–Crippen MR) is 101 cm³/mol. The summed E-state index contributed by atoms with van der Waals surface area (Å²) in [6.45, 7) is 1.50. The molecule has 26 heavy (non-hydrogen) atoms. The highest BCUT2D eigenvalue weighted by Gasteiger charge is 2.19. The zero-order chi connectivity index (χ0) is 18.1. The Bertz CT molecular complexity index is 935. The van der Waals surface area contributed by atoms with Crippen molar-refractivity contribution in [2.45, 2.75) is 18.9 Å². The fourth-order valence-electron chi connectivity index (χ4n) is 3.24. The Hall–Kier alpha value is -2.44. The van der Waals surface area contributed by atoms with Crippen LogP contribution in [0.4, 0.5) is 5.82 Å². The number of pyridine rings is 1. The number of imidazole rings is 1. The van der Waals surface area contributed by atoms with Gasteiger partial charge in [0.25, 0.3) is 0 Å². The van der Waals surface area contributed by atoms with E-state index in [0.717, 1.165) is 42.2 Å². The fourth-order valence-corrected chi connectivity index (χ4v) is 3.40. The second-order valence-corrected chi connectivity index (χ2v) is 6.72. The molecule has 1 aliphatic rings. The quantitative estimate of drug-likeness (QED) is 0.708. The molecule has 1 unspecified atom stereocenters. The highest BCUT2D eigenvalue weighted by Crippen LogP contribution is 2.35. The van der Waals surface area contributed by atoms with E-state index in [1.807, 2.05) is 28.8 Å². The molecule has 0 bridgehead atoms. The Balaban J connectivity index is 1.77. The summed E-state index contributed by atoms with van der Waals surface area (Å²) in [4.78, 5) is 4.71. The van der Waals surface area contributed by atoms with Gasteiger partial charge < -0.3 is 19.9 Å². The predicted octanol–water partition coefficient (Wildman–Crippen LogP) is 3.96. The lowest BCUT2D eigenvalue weighted by atomic mass is 10.1. The average Bonchev–Trinajstić information content (AvgIpc) is 3.27. The number of nitrogens with one attached hydrogen (secondary N) is 1. The van der Waals surface area contributed by atoms with Crippen LogP contribution in [-0.4, -0.2) is 40.9 Å². The van der Waals surface area contributed by atoms with Gasteiger partial charge in [-0.15, -0.1) is 0 Å². The number of aromatic hydroxyl groups is 1. The standard InChI is InChI=1S/C19H20ClN3O3/c1-25-16-6-4-12(9-15(16)24)18-19(21-10-14-3-2-8-26-14)23-11-13(20)5-7-17(23)22-18/h4-7,9,11,14,21,24H,2-3,8,10H2,1H3. The van der Waals surface area contributed by atoms with Gasteiger partial charge in [0.15, 0.2) is 11.5 Å². The maximum atomic E-state index is 10.1. The van der Waals surface area contributed by atoms with E-state index in [1.54, 1.807) is 12.1 Å². The van der Waals surface area contributed by atoms with Gasteiger partial charge in [0.05, 0.1) is 18.2 Å². The molecule has 1 fully saturated rings. The van der Waals surface area contributed by atoms with Crippen LogP contribution in [0.15, 0.2) is 36.5 Å². The molecule has 3 aromatic rings. The summed E-state index contributed by atoms with van der Waals surface area (Å²) in [6, 6.07) is 8.93. The normalized spacial score (nSPS) is 16.9. The second-order valence-electron chi connectivity index (χ2n) is 6.29. The minimum atomic E-state index is 0.0742. The van der Waals surface area contributed by atoms with Crippen molar-refractivity contribution in [1.82, 2.24) is 9.38 Å². The van der Waals surface area contributed by atoms with Gasteiger partial charge in [0.2, 0.25) is 0 Å². The van der Waals surface area contributed by atoms with Crippen molar-refractivity contribution in [3.63, 3.8) is 0 Å². The fraction of sp³-hybridized carbons (Fsp3) is 0.316. The molecule has 0 spiro atoms. The van der Waals surface area contributed by atoms with Gasteiger partial charge in [-0.05, 0) is 43.2 Å². The topological polar surface area (TPSA) is 68.0 Å². The first-order valence-electron chi connectivity index (χ1n) is 8.56. The highest BCUT2D eigenvalue weighted by molar-refractivity contribution is 6.30. The summed E-state index contributed by atoms with van der Waals surface area (Å²) < 4.78 is 12.8. The van der Waals surface area contributed by atoms with E-state index in [4.69, 9.17) is 26.1 Å². The van der Waals surface area contributed by atoms with Crippen molar-refractivity contribution in [2.24, 2.45) is 0 Å². The molecule has 2 aromatic heterocycles. The average molecular weight is 374 g/mol. The van der Waals surface area contributed by atoms with E-state index >= 15 is 0 Å². The number of nitrogens with zero attached hydrogens (tertiary/aromatic N) is 2. The third kappa shape index (κ3) is 3.18. The molecule has 136 valence electrons. The Labute approximate surface area is 156 Å². The minimum absolute atomic E-state index is 0.0742. The summed E-state index contributed by atoms with van der Waals surface area (Å²) >= 11 is 6.18. The van der Waals surface area contributed by atoms with Crippen molar-refractivity contribution in [3.05, 3.63) is 41.6 Å². The highest BCUT2D eigenvalue weighted by atomic mass is 35.5. The van der Waals surface area contributed by atoms with Crippen LogP contribution in [0.5, 0.6) is 11.5 Å². The van der Waals surface area contributed by atoms with Crippen LogP contribution in [0.2, 0.25) is 5.02 Å². The largest absolute Gasteiger partial charge is 0.504 e. The van der Waals surface area contributed by atoms with Gasteiger partial charge in [0, 0.05) is 24.9 Å². The molecule has 3 heterocycles. The van der Waals surface area contributed by atoms with E-state index in [1.165, 1.54) is 7.11 Å². The van der Waals surface area contributed by atoms with Gasteiger partial charge in [-0.3, -0.25) is 4.40 Å². The first-order valence-corrected chi connectivity index (χ1v) is 8.94. The van der Waals surface area contributed by atoms with Crippen LogP contribution in [0.3, 0.4) is 0 Å². The molecule has 1 saturated heterocycles. The molecule has 4 rings (SSSR count). The van der Waals surface area contributed by atoms with Crippen molar-refractivity contribution in [2.75, 3.05) is 25.6 Å². The van der Waals surface area contributed by atoms with Crippen LogP contribution in [0, 0.1) is 0 Å². The Morgan fingerprint density at radius 3 is 3.00 bits per heavy atom. The summed E-state index contributed by atoms with van der Waals surface area (Å²) in [5.41, 5.74) is 2.30. The van der Waals surface area contributed by atoms with E-state index in [9.17, 15) is 5.11 Å². The number of methoxy groups -OCH3 is 1. The van der Waals surface area contributed by atoms with Gasteiger partial charge in [-0.1, -0.05) is 11.6 Å². The van der Waals surface area contributed by atoms with Crippen molar-refractivity contribution in [3.8, 4) is 22.8 Å². The van der Waals surface area contributed by atoms with Crippen LogP contribution in [0.25, 0.3) is 16.9 Å². The minimum Gasteiger partial charge on any atom is -0.504 e. The third-order valence-electron chi connectivity index (χ3n) is 4.56. The summed E-state index contributed by atoms with van der Waals surface area (Å²) in [5, 5.41) is 14.2. The molecule has 0 amide bonds. The van der Waals surface area contributed by atoms with E-state index in [-0.39, 0.29) is 11.9 Å². The smallest absolute Gasteiger partial charge is 0.160 e. The van der Waals surface area contributed by atoms with E-state index in [2.05, 4.69) is 5.32 Å². The van der Waals surface area contributed by atoms with E-state index < -0.39 is 0 Å². The number of hydrogen-bond donors (Lipinski definition) is 2. The number of benzene rings is 1. The molecular weight excluding hydrogens is 354 g/mol. The van der Waals surface area contributed by atoms with Crippen molar-refractivity contribution < 1.29 is 14.6 Å². The van der Waals surface area contributed by atoms with Crippen LogP contribution >= 0.6 is 11.6 Å². The lowest BCUT2D eigenvalue weighted by Gasteiger charge is -2.13. The van der Waals surface area contributed by atoms with Gasteiger partial charge >= 0.3 is 0 Å². The summed E-state index contributed by atoms with van der Waals surface area (Å²) in [7, 11) is 1.52. The molecule has 6 nitrogen and oxygen atoms in total. The van der Waals surface area contributed by atoms with Gasteiger partial charge in [-0.25, -0.2) is 4.98 Å². The Morgan fingerprint density at radius 2 is 2.27 bits per heavy atom. The van der Waals surface area contributed by atoms with E-state index in [0.29, 0.717) is 17.3 Å². The molecule has 1 atom stereocenters. The lowest BCUT2D eigenvalue weighted by Crippen LogP contribution is -2.19. The van der Waals surface area contributed by atoms with Crippen molar-refractivity contribution in [1.29, 1.82) is 0 Å². The number of aromatic nitrogens is 2. The Morgan fingerprint density at radius 1 is 1.38 bits per heavy atom. The van der Waals surface area contributed by atoms with Crippen molar-refractivity contribution >= 4 is 23.1 Å². The molecule has 2 N–H and O–H groups in total. The maximum absolute atomic E-state index is 10.1. The number of phenolic OH excluding ortho intramolecular Hbond substituents is 1. The van der Waals surface area contributed by atoms with Gasteiger partial charge in [-0.2, -0.15) is 0 Å². The molecule has 7 heteroatoms. The monoisotopic (exact) mass is 373 g/mol. The maximum Gasteiger partial charge on any atom is 0.160 e. The van der Waals surface area contributed by atoms with Crippen LogP contribution < -0.4 is 10.1 Å². The zero-order valence-electron chi connectivity index (χ0n) is 14.4. The molecule has 0 saturated carbocycles. The number of anilines is 1. The van der Waals surface area contributed by atoms with Crippen LogP contribution in [-0.2, 0) is 4.74 Å². The molecule has 0 radical (unpaired) electrons. The summed E-state index contributed by atoms with van der Waals surface area (Å²) in [6.07, 6.45) is 4.15. The second kappa shape index (κ2) is 7.05. The first-order chi connectivity index (χ1) is 12.7. The number of phenols is 1. The number of fused-ring (bicyclic) bond motifs is 1. The number of halogens is 1. The zero-order valence-corrected chi connectivity index (χ0v) is 15.2. The molecule has 0 aliphatic carbocycles. The van der Waals surface area contributed by atoms with Crippen LogP contribution in [0.1, 0.15) is 12.8 Å². The number of hydrogen-bond acceptors (Lipinski definition) is 5. The number of rotatable bonds is 5. The number of ether oxygens (including phenoxy) is 2. The SMILES string of the molecule is COc1ccc(-c2nc3ccc(Cl)cn3c2NCC2CCCO2)cc1O. The molecule has 1 aliphatic heterocycles. The third-order valence-corrected chi connectivity index (χ3v) is 4.78. The molecule has 1 aromatic carbocycles. The molecular formula is C19H20ClN3O3.